The molecule has 0 fully saturated rings. The molecule has 1 aliphatic rings. The highest BCUT2D eigenvalue weighted by Gasteiger charge is 2.33. The molecule has 80 valence electrons. The SMILES string of the molecule is COc1ccc2c(c1)C(N)CC2C(=O)O. The Morgan fingerprint density at radius 2 is 2.27 bits per heavy atom. The maximum absolute atomic E-state index is 11.0. The quantitative estimate of drug-likeness (QED) is 0.765. The van der Waals surface area contributed by atoms with E-state index in [9.17, 15) is 4.79 Å². The molecule has 4 nitrogen and oxygen atoms in total. The van der Waals surface area contributed by atoms with Crippen LogP contribution in [0.25, 0.3) is 0 Å². The molecule has 0 bridgehead atoms. The standard InChI is InChI=1S/C11H13NO3/c1-15-6-2-3-7-8(4-6)10(12)5-9(7)11(13)14/h2-4,9-10H,5,12H2,1H3,(H,13,14). The van der Waals surface area contributed by atoms with Crippen LogP contribution < -0.4 is 10.5 Å². The minimum atomic E-state index is -0.811. The van der Waals surface area contributed by atoms with Crippen molar-refractivity contribution in [2.75, 3.05) is 7.11 Å². The van der Waals surface area contributed by atoms with Gasteiger partial charge in [-0.25, -0.2) is 0 Å². The van der Waals surface area contributed by atoms with Crippen molar-refractivity contribution < 1.29 is 14.6 Å². The Morgan fingerprint density at radius 3 is 2.87 bits per heavy atom. The number of aliphatic carboxylic acids is 1. The van der Waals surface area contributed by atoms with E-state index in [2.05, 4.69) is 0 Å². The highest BCUT2D eigenvalue weighted by molar-refractivity contribution is 5.78. The van der Waals surface area contributed by atoms with E-state index in [1.807, 2.05) is 6.07 Å². The molecular formula is C11H13NO3. The predicted molar refractivity (Wildman–Crippen MR) is 54.9 cm³/mol. The fourth-order valence-electron chi connectivity index (χ4n) is 2.06. The Hall–Kier alpha value is -1.55. The van der Waals surface area contributed by atoms with Crippen LogP contribution in [0.3, 0.4) is 0 Å². The van der Waals surface area contributed by atoms with Gasteiger partial charge in [-0.2, -0.15) is 0 Å². The second kappa shape index (κ2) is 3.55. The number of hydrogen-bond donors (Lipinski definition) is 2. The van der Waals surface area contributed by atoms with Gasteiger partial charge in [0.15, 0.2) is 0 Å². The number of carbonyl (C=O) groups is 1. The maximum atomic E-state index is 11.0. The van der Waals surface area contributed by atoms with Crippen molar-refractivity contribution in [1.82, 2.24) is 0 Å². The molecule has 0 spiro atoms. The van der Waals surface area contributed by atoms with Gasteiger partial charge < -0.3 is 15.6 Å². The first-order valence-electron chi connectivity index (χ1n) is 4.79. The molecule has 0 amide bonds. The van der Waals surface area contributed by atoms with Crippen LogP contribution in [0.2, 0.25) is 0 Å². The van der Waals surface area contributed by atoms with Crippen molar-refractivity contribution in [3.63, 3.8) is 0 Å². The van der Waals surface area contributed by atoms with E-state index in [1.54, 1.807) is 19.2 Å². The lowest BCUT2D eigenvalue weighted by molar-refractivity contribution is -0.138. The summed E-state index contributed by atoms with van der Waals surface area (Å²) in [5, 5.41) is 9.02. The van der Waals surface area contributed by atoms with E-state index in [0.717, 1.165) is 16.9 Å². The Kier molecular flexibility index (Phi) is 2.36. The summed E-state index contributed by atoms with van der Waals surface area (Å²) in [5.41, 5.74) is 7.59. The summed E-state index contributed by atoms with van der Waals surface area (Å²) < 4.78 is 5.08. The second-order valence-electron chi connectivity index (χ2n) is 3.73. The lowest BCUT2D eigenvalue weighted by atomic mass is 10.0. The minimum Gasteiger partial charge on any atom is -0.497 e. The number of hydrogen-bond acceptors (Lipinski definition) is 3. The normalized spacial score (nSPS) is 23.6. The van der Waals surface area contributed by atoms with Crippen LogP contribution in [0.5, 0.6) is 5.75 Å². The number of rotatable bonds is 2. The van der Waals surface area contributed by atoms with Crippen molar-refractivity contribution in [3.8, 4) is 5.75 Å². The summed E-state index contributed by atoms with van der Waals surface area (Å²) in [4.78, 5) is 11.0. The fraction of sp³-hybridized carbons (Fsp3) is 0.364. The maximum Gasteiger partial charge on any atom is 0.311 e. The average molecular weight is 207 g/mol. The van der Waals surface area contributed by atoms with E-state index in [4.69, 9.17) is 15.6 Å². The molecule has 1 aromatic carbocycles. The minimum absolute atomic E-state index is 0.198. The van der Waals surface area contributed by atoms with Crippen molar-refractivity contribution in [2.24, 2.45) is 5.73 Å². The van der Waals surface area contributed by atoms with Gasteiger partial charge in [0.1, 0.15) is 5.75 Å². The van der Waals surface area contributed by atoms with Crippen molar-refractivity contribution >= 4 is 5.97 Å². The van der Waals surface area contributed by atoms with Gasteiger partial charge in [0.25, 0.3) is 0 Å². The Bertz CT molecular complexity index is 403. The largest absolute Gasteiger partial charge is 0.497 e. The van der Waals surface area contributed by atoms with Crippen LogP contribution in [0.15, 0.2) is 18.2 Å². The Labute approximate surface area is 87.7 Å². The number of carboxylic acid groups (broad SMARTS) is 1. The predicted octanol–water partition coefficient (Wildman–Crippen LogP) is 1.27. The molecule has 0 aromatic heterocycles. The zero-order valence-corrected chi connectivity index (χ0v) is 8.43. The molecule has 0 aliphatic heterocycles. The smallest absolute Gasteiger partial charge is 0.311 e. The molecule has 4 heteroatoms. The molecule has 3 N–H and O–H groups in total. The van der Waals surface area contributed by atoms with Crippen LogP contribution in [0, 0.1) is 0 Å². The molecule has 0 radical (unpaired) electrons. The zero-order chi connectivity index (χ0) is 11.0. The summed E-state index contributed by atoms with van der Waals surface area (Å²) in [6, 6.07) is 5.19. The number of ether oxygens (including phenoxy) is 1. The third kappa shape index (κ3) is 1.57. The number of carboxylic acids is 1. The average Bonchev–Trinajstić information content (AvgIpc) is 2.56. The van der Waals surface area contributed by atoms with Gasteiger partial charge in [-0.3, -0.25) is 4.79 Å². The van der Waals surface area contributed by atoms with Crippen molar-refractivity contribution in [1.29, 1.82) is 0 Å². The van der Waals surface area contributed by atoms with E-state index >= 15 is 0 Å². The molecule has 0 saturated carbocycles. The Morgan fingerprint density at radius 1 is 1.53 bits per heavy atom. The first-order chi connectivity index (χ1) is 7.13. The topological polar surface area (TPSA) is 72.5 Å². The van der Waals surface area contributed by atoms with Gasteiger partial charge in [-0.1, -0.05) is 6.07 Å². The van der Waals surface area contributed by atoms with Crippen LogP contribution >= 0.6 is 0 Å². The van der Waals surface area contributed by atoms with E-state index in [-0.39, 0.29) is 6.04 Å². The number of nitrogens with two attached hydrogens (primary N) is 1. The summed E-state index contributed by atoms with van der Waals surface area (Å²) in [6.07, 6.45) is 0.470. The fourth-order valence-corrected chi connectivity index (χ4v) is 2.06. The third-order valence-corrected chi connectivity index (χ3v) is 2.86. The second-order valence-corrected chi connectivity index (χ2v) is 3.73. The summed E-state index contributed by atoms with van der Waals surface area (Å²) in [6.45, 7) is 0. The van der Waals surface area contributed by atoms with Crippen molar-refractivity contribution in [3.05, 3.63) is 29.3 Å². The van der Waals surface area contributed by atoms with Crippen LogP contribution in [-0.4, -0.2) is 18.2 Å². The van der Waals surface area contributed by atoms with Gasteiger partial charge in [-0.05, 0) is 29.7 Å². The van der Waals surface area contributed by atoms with E-state index < -0.39 is 11.9 Å². The molecule has 15 heavy (non-hydrogen) atoms. The van der Waals surface area contributed by atoms with Gasteiger partial charge >= 0.3 is 5.97 Å². The van der Waals surface area contributed by atoms with E-state index in [0.29, 0.717) is 6.42 Å². The zero-order valence-electron chi connectivity index (χ0n) is 8.43. The van der Waals surface area contributed by atoms with Crippen LogP contribution in [-0.2, 0) is 4.79 Å². The number of benzene rings is 1. The van der Waals surface area contributed by atoms with Gasteiger partial charge in [0.2, 0.25) is 0 Å². The van der Waals surface area contributed by atoms with Crippen LogP contribution in [0.1, 0.15) is 29.5 Å². The highest BCUT2D eigenvalue weighted by atomic mass is 16.5. The lowest BCUT2D eigenvalue weighted by Crippen LogP contribution is -2.10. The van der Waals surface area contributed by atoms with Gasteiger partial charge in [-0.15, -0.1) is 0 Å². The first-order valence-corrected chi connectivity index (χ1v) is 4.79. The molecule has 2 atom stereocenters. The monoisotopic (exact) mass is 207 g/mol. The Balaban J connectivity index is 2.45. The van der Waals surface area contributed by atoms with E-state index in [1.165, 1.54) is 0 Å². The molecular weight excluding hydrogens is 194 g/mol. The first kappa shape index (κ1) is 9.98. The lowest BCUT2D eigenvalue weighted by Gasteiger charge is -2.07. The number of methoxy groups -OCH3 is 1. The third-order valence-electron chi connectivity index (χ3n) is 2.86. The summed E-state index contributed by atoms with van der Waals surface area (Å²) >= 11 is 0. The number of fused-ring (bicyclic) bond motifs is 1. The molecule has 1 aromatic rings. The van der Waals surface area contributed by atoms with Crippen LogP contribution in [0.4, 0.5) is 0 Å². The van der Waals surface area contributed by atoms with Crippen molar-refractivity contribution in [2.45, 2.75) is 18.4 Å². The van der Waals surface area contributed by atoms with Gasteiger partial charge in [0, 0.05) is 6.04 Å². The summed E-state index contributed by atoms with van der Waals surface area (Å²) in [7, 11) is 1.58. The highest BCUT2D eigenvalue weighted by Crippen LogP contribution is 2.40. The molecule has 2 unspecified atom stereocenters. The summed E-state index contributed by atoms with van der Waals surface area (Å²) in [5.74, 6) is -0.564. The molecule has 2 rings (SSSR count). The molecule has 0 saturated heterocycles. The molecule has 0 heterocycles. The molecule has 1 aliphatic carbocycles. The van der Waals surface area contributed by atoms with Gasteiger partial charge in [0.05, 0.1) is 13.0 Å².